The Balaban J connectivity index is 1.65. The zero-order valence-electron chi connectivity index (χ0n) is 13.1. The molecule has 0 saturated heterocycles. The summed E-state index contributed by atoms with van der Waals surface area (Å²) in [7, 11) is 1.52. The number of carbonyl (C=O) groups is 1. The van der Waals surface area contributed by atoms with E-state index in [1.54, 1.807) is 42.5 Å². The Morgan fingerprint density at radius 2 is 1.96 bits per heavy atom. The number of aromatic nitrogens is 4. The van der Waals surface area contributed by atoms with E-state index < -0.39 is 0 Å². The topological polar surface area (TPSA) is 81.9 Å². The van der Waals surface area contributed by atoms with Crippen molar-refractivity contribution < 1.29 is 9.53 Å². The average Bonchev–Trinajstić information content (AvgIpc) is 3.04. The summed E-state index contributed by atoms with van der Waals surface area (Å²) in [5.41, 5.74) is 1.31. The molecular weight excluding hydrogens is 365 g/mol. The number of methoxy groups -OCH3 is 1. The highest BCUT2D eigenvalue weighted by Gasteiger charge is 2.10. The van der Waals surface area contributed by atoms with Gasteiger partial charge in [0.1, 0.15) is 12.3 Å². The van der Waals surface area contributed by atoms with E-state index in [0.29, 0.717) is 27.3 Å². The third kappa shape index (κ3) is 4.26. The van der Waals surface area contributed by atoms with Gasteiger partial charge in [-0.05, 0) is 47.7 Å². The summed E-state index contributed by atoms with van der Waals surface area (Å²) >= 11 is 11.9. The number of tetrazole rings is 1. The lowest BCUT2D eigenvalue weighted by atomic mass is 10.2. The van der Waals surface area contributed by atoms with Gasteiger partial charge in [-0.1, -0.05) is 23.2 Å². The van der Waals surface area contributed by atoms with Crippen LogP contribution in [-0.4, -0.2) is 33.2 Å². The average molecular weight is 378 g/mol. The normalized spacial score (nSPS) is 10.5. The number of carbonyl (C=O) groups excluding carboxylic acids is 1. The smallest absolute Gasteiger partial charge is 0.248 e. The van der Waals surface area contributed by atoms with Gasteiger partial charge in [0.15, 0.2) is 0 Å². The van der Waals surface area contributed by atoms with E-state index in [1.807, 2.05) is 0 Å². The van der Waals surface area contributed by atoms with Crippen LogP contribution < -0.4 is 10.1 Å². The van der Waals surface area contributed by atoms with Gasteiger partial charge >= 0.3 is 0 Å². The number of ether oxygens (including phenoxy) is 1. The summed E-state index contributed by atoms with van der Waals surface area (Å²) in [5, 5.41) is 15.7. The second kappa shape index (κ2) is 7.50. The van der Waals surface area contributed by atoms with Gasteiger partial charge in [-0.25, -0.2) is 0 Å². The third-order valence-corrected chi connectivity index (χ3v) is 3.82. The second-order valence-corrected chi connectivity index (χ2v) is 5.89. The maximum Gasteiger partial charge on any atom is 0.248 e. The minimum absolute atomic E-state index is 0.0791. The molecule has 0 bridgehead atoms. The van der Waals surface area contributed by atoms with Crippen LogP contribution in [0.3, 0.4) is 0 Å². The van der Waals surface area contributed by atoms with E-state index in [2.05, 4.69) is 20.7 Å². The lowest BCUT2D eigenvalue weighted by Gasteiger charge is -2.07. The summed E-state index contributed by atoms with van der Waals surface area (Å²) in [6.45, 7) is -0.0791. The lowest BCUT2D eigenvalue weighted by Crippen LogP contribution is -2.20. The van der Waals surface area contributed by atoms with Crippen molar-refractivity contribution in [3.63, 3.8) is 0 Å². The Morgan fingerprint density at radius 3 is 2.64 bits per heavy atom. The first-order valence-electron chi connectivity index (χ1n) is 7.22. The second-order valence-electron chi connectivity index (χ2n) is 5.05. The minimum Gasteiger partial charge on any atom is -0.495 e. The monoisotopic (exact) mass is 377 g/mol. The van der Waals surface area contributed by atoms with E-state index in [9.17, 15) is 4.79 Å². The molecule has 0 radical (unpaired) electrons. The zero-order valence-corrected chi connectivity index (χ0v) is 14.6. The molecule has 1 heterocycles. The van der Waals surface area contributed by atoms with Gasteiger partial charge in [-0.3, -0.25) is 4.79 Å². The Hall–Kier alpha value is -2.64. The molecule has 1 aromatic heterocycles. The van der Waals surface area contributed by atoms with Crippen LogP contribution in [0.5, 0.6) is 5.75 Å². The predicted octanol–water partition coefficient (Wildman–Crippen LogP) is 3.29. The van der Waals surface area contributed by atoms with Crippen LogP contribution in [0.2, 0.25) is 10.0 Å². The lowest BCUT2D eigenvalue weighted by molar-refractivity contribution is -0.117. The molecule has 128 valence electrons. The van der Waals surface area contributed by atoms with Crippen LogP contribution in [0.15, 0.2) is 42.5 Å². The highest BCUT2D eigenvalue weighted by atomic mass is 35.5. The number of hydrogen-bond acceptors (Lipinski definition) is 5. The molecule has 9 heteroatoms. The van der Waals surface area contributed by atoms with Crippen molar-refractivity contribution in [3.05, 3.63) is 52.5 Å². The zero-order chi connectivity index (χ0) is 17.8. The summed E-state index contributed by atoms with van der Waals surface area (Å²) in [4.78, 5) is 13.3. The van der Waals surface area contributed by atoms with E-state index in [-0.39, 0.29) is 12.5 Å². The van der Waals surface area contributed by atoms with Crippen LogP contribution in [0.4, 0.5) is 5.69 Å². The molecule has 1 N–H and O–H groups in total. The molecule has 0 atom stereocenters. The maximum absolute atomic E-state index is 12.1. The minimum atomic E-state index is -0.304. The van der Waals surface area contributed by atoms with E-state index in [4.69, 9.17) is 27.9 Å². The van der Waals surface area contributed by atoms with Crippen LogP contribution in [0.25, 0.3) is 11.4 Å². The highest BCUT2D eigenvalue weighted by Crippen LogP contribution is 2.27. The van der Waals surface area contributed by atoms with Crippen molar-refractivity contribution in [3.8, 4) is 17.1 Å². The van der Waals surface area contributed by atoms with Gasteiger partial charge in [0, 0.05) is 16.3 Å². The summed E-state index contributed by atoms with van der Waals surface area (Å²) < 4.78 is 5.07. The van der Waals surface area contributed by atoms with E-state index >= 15 is 0 Å². The first kappa shape index (κ1) is 17.2. The number of halogens is 2. The standard InChI is InChI=1S/C16H13Cl2N5O2/c1-25-14-7-6-12(8-13(14)18)19-15(24)9-23-21-16(20-22-23)10-2-4-11(17)5-3-10/h2-8H,9H2,1H3,(H,19,24). The highest BCUT2D eigenvalue weighted by molar-refractivity contribution is 6.32. The van der Waals surface area contributed by atoms with E-state index in [0.717, 1.165) is 5.56 Å². The van der Waals surface area contributed by atoms with Crippen LogP contribution in [-0.2, 0) is 11.3 Å². The van der Waals surface area contributed by atoms with Gasteiger partial charge in [0.05, 0.1) is 12.1 Å². The quantitative estimate of drug-likeness (QED) is 0.737. The first-order chi connectivity index (χ1) is 12.0. The first-order valence-corrected chi connectivity index (χ1v) is 7.98. The van der Waals surface area contributed by atoms with Crippen molar-refractivity contribution in [2.75, 3.05) is 12.4 Å². The Labute approximate surface area is 153 Å². The number of benzene rings is 2. The van der Waals surface area contributed by atoms with Crippen molar-refractivity contribution in [1.29, 1.82) is 0 Å². The fraction of sp³-hybridized carbons (Fsp3) is 0.125. The van der Waals surface area contributed by atoms with Crippen molar-refractivity contribution in [2.45, 2.75) is 6.54 Å². The Morgan fingerprint density at radius 1 is 1.20 bits per heavy atom. The number of rotatable bonds is 5. The van der Waals surface area contributed by atoms with Crippen LogP contribution in [0.1, 0.15) is 0 Å². The molecule has 25 heavy (non-hydrogen) atoms. The largest absolute Gasteiger partial charge is 0.495 e. The molecule has 0 fully saturated rings. The number of hydrogen-bond donors (Lipinski definition) is 1. The molecule has 0 spiro atoms. The van der Waals surface area contributed by atoms with Gasteiger partial charge in [-0.2, -0.15) is 4.80 Å². The molecular formula is C16H13Cl2N5O2. The number of anilines is 1. The summed E-state index contributed by atoms with van der Waals surface area (Å²) in [6.07, 6.45) is 0. The molecule has 7 nitrogen and oxygen atoms in total. The van der Waals surface area contributed by atoms with Crippen LogP contribution in [0, 0.1) is 0 Å². The van der Waals surface area contributed by atoms with Gasteiger partial charge in [0.2, 0.25) is 11.7 Å². The number of amides is 1. The Bertz CT molecular complexity index is 896. The molecule has 0 unspecified atom stereocenters. The van der Waals surface area contributed by atoms with Gasteiger partial charge < -0.3 is 10.1 Å². The maximum atomic E-state index is 12.1. The molecule has 0 aliphatic rings. The number of nitrogens with zero attached hydrogens (tertiary/aromatic N) is 4. The summed E-state index contributed by atoms with van der Waals surface area (Å²) in [6, 6.07) is 12.0. The van der Waals surface area contributed by atoms with E-state index in [1.165, 1.54) is 11.9 Å². The number of nitrogens with one attached hydrogen (secondary N) is 1. The van der Waals surface area contributed by atoms with Crippen molar-refractivity contribution in [1.82, 2.24) is 20.2 Å². The molecule has 0 saturated carbocycles. The third-order valence-electron chi connectivity index (χ3n) is 3.28. The van der Waals surface area contributed by atoms with Crippen molar-refractivity contribution in [2.24, 2.45) is 0 Å². The molecule has 1 amide bonds. The predicted molar refractivity (Wildman–Crippen MR) is 94.9 cm³/mol. The summed E-state index contributed by atoms with van der Waals surface area (Å²) in [5.74, 6) is 0.642. The van der Waals surface area contributed by atoms with Crippen molar-refractivity contribution >= 4 is 34.8 Å². The van der Waals surface area contributed by atoms with Gasteiger partial charge in [0.25, 0.3) is 0 Å². The fourth-order valence-corrected chi connectivity index (χ4v) is 2.48. The SMILES string of the molecule is COc1ccc(NC(=O)Cn2nnc(-c3ccc(Cl)cc3)n2)cc1Cl. The molecule has 0 aliphatic heterocycles. The molecule has 0 aliphatic carbocycles. The fourth-order valence-electron chi connectivity index (χ4n) is 2.10. The Kier molecular flexibility index (Phi) is 5.16. The molecule has 3 rings (SSSR count). The molecule has 3 aromatic rings. The van der Waals surface area contributed by atoms with Crippen LogP contribution >= 0.6 is 23.2 Å². The molecule has 2 aromatic carbocycles. The van der Waals surface area contributed by atoms with Gasteiger partial charge in [-0.15, -0.1) is 10.2 Å².